The van der Waals surface area contributed by atoms with E-state index in [9.17, 15) is 19.7 Å². The van der Waals surface area contributed by atoms with Crippen molar-refractivity contribution in [1.29, 1.82) is 0 Å². The molecule has 2 amide bonds. The number of carbonyl (C=O) groups is 2. The van der Waals surface area contributed by atoms with Crippen LogP contribution < -0.4 is 11.1 Å². The van der Waals surface area contributed by atoms with Crippen LogP contribution in [-0.4, -0.2) is 16.7 Å². The van der Waals surface area contributed by atoms with Gasteiger partial charge in [-0.1, -0.05) is 11.6 Å². The topological polar surface area (TPSA) is 115 Å². The maximum Gasteiger partial charge on any atom is 0.282 e. The molecule has 3 N–H and O–H groups in total. The first kappa shape index (κ1) is 16.4. The van der Waals surface area contributed by atoms with Crippen LogP contribution >= 0.6 is 22.9 Å². The minimum absolute atomic E-state index is 0.170. The highest BCUT2D eigenvalue weighted by Crippen LogP contribution is 2.39. The molecule has 1 aromatic carbocycles. The number of hydrogen-bond donors (Lipinski definition) is 2. The van der Waals surface area contributed by atoms with E-state index in [0.29, 0.717) is 10.6 Å². The van der Waals surface area contributed by atoms with Gasteiger partial charge in [0.1, 0.15) is 10.6 Å². The van der Waals surface area contributed by atoms with E-state index >= 15 is 0 Å². The van der Waals surface area contributed by atoms with Gasteiger partial charge in [0.2, 0.25) is 0 Å². The first-order valence-electron chi connectivity index (χ1n) is 7.08. The zero-order chi connectivity index (χ0) is 17.4. The highest BCUT2D eigenvalue weighted by atomic mass is 35.5. The monoisotopic (exact) mass is 365 g/mol. The number of anilines is 1. The summed E-state index contributed by atoms with van der Waals surface area (Å²) in [5, 5.41) is 14.2. The van der Waals surface area contributed by atoms with Gasteiger partial charge in [-0.15, -0.1) is 11.3 Å². The zero-order valence-corrected chi connectivity index (χ0v) is 13.9. The van der Waals surface area contributed by atoms with Crippen LogP contribution in [0.3, 0.4) is 0 Å². The first-order valence-corrected chi connectivity index (χ1v) is 8.27. The number of halogens is 1. The number of benzene rings is 1. The lowest BCUT2D eigenvalue weighted by molar-refractivity contribution is -0.385. The number of fused-ring (bicyclic) bond motifs is 1. The van der Waals surface area contributed by atoms with E-state index in [4.69, 9.17) is 17.3 Å². The van der Waals surface area contributed by atoms with E-state index in [0.717, 1.165) is 29.7 Å². The average molecular weight is 366 g/mol. The van der Waals surface area contributed by atoms with Crippen LogP contribution in [0, 0.1) is 10.1 Å². The number of primary amides is 1. The maximum absolute atomic E-state index is 12.5. The van der Waals surface area contributed by atoms with Crippen LogP contribution in [-0.2, 0) is 12.8 Å². The summed E-state index contributed by atoms with van der Waals surface area (Å²) >= 11 is 7.12. The van der Waals surface area contributed by atoms with Crippen molar-refractivity contribution in [3.8, 4) is 0 Å². The lowest BCUT2D eigenvalue weighted by Gasteiger charge is -2.07. The van der Waals surface area contributed by atoms with E-state index in [1.165, 1.54) is 29.5 Å². The summed E-state index contributed by atoms with van der Waals surface area (Å²) < 4.78 is 0. The number of nitrogens with two attached hydrogens (primary N) is 1. The number of thiophene rings is 1. The Morgan fingerprint density at radius 3 is 2.75 bits per heavy atom. The van der Waals surface area contributed by atoms with Gasteiger partial charge in [-0.2, -0.15) is 0 Å². The molecule has 0 saturated carbocycles. The predicted octanol–water partition coefficient (Wildman–Crippen LogP) is 3.15. The second kappa shape index (κ2) is 6.21. The van der Waals surface area contributed by atoms with Crippen LogP contribution in [0.5, 0.6) is 0 Å². The number of hydrogen-bond acceptors (Lipinski definition) is 5. The summed E-state index contributed by atoms with van der Waals surface area (Å²) in [6, 6.07) is 3.73. The van der Waals surface area contributed by atoms with Crippen LogP contribution in [0.2, 0.25) is 5.02 Å². The van der Waals surface area contributed by atoms with Gasteiger partial charge in [0.15, 0.2) is 0 Å². The average Bonchev–Trinajstić information content (AvgIpc) is 3.06. The van der Waals surface area contributed by atoms with Crippen molar-refractivity contribution in [3.05, 3.63) is 54.9 Å². The Balaban J connectivity index is 1.99. The standard InChI is InChI=1S/C15H12ClN3O4S/c16-7-4-5-10(19(22)23)9(6-7)14(21)18-15-12(13(17)20)8-2-1-3-11(8)24-15/h4-6H,1-3H2,(H2,17,20)(H,18,21). The summed E-state index contributed by atoms with van der Waals surface area (Å²) in [7, 11) is 0. The Morgan fingerprint density at radius 2 is 2.08 bits per heavy atom. The molecule has 0 unspecified atom stereocenters. The molecule has 2 aromatic rings. The van der Waals surface area contributed by atoms with Crippen molar-refractivity contribution >= 4 is 45.4 Å². The molecule has 0 aliphatic heterocycles. The van der Waals surface area contributed by atoms with Crippen LogP contribution in [0.25, 0.3) is 0 Å². The van der Waals surface area contributed by atoms with Crippen LogP contribution in [0.15, 0.2) is 18.2 Å². The van der Waals surface area contributed by atoms with Gasteiger partial charge in [-0.05, 0) is 37.0 Å². The second-order valence-corrected chi connectivity index (χ2v) is 6.84. The van der Waals surface area contributed by atoms with Crippen molar-refractivity contribution in [2.45, 2.75) is 19.3 Å². The van der Waals surface area contributed by atoms with Crippen LogP contribution in [0.4, 0.5) is 10.7 Å². The predicted molar refractivity (Wildman–Crippen MR) is 90.9 cm³/mol. The van der Waals surface area contributed by atoms with Crippen LogP contribution in [0.1, 0.15) is 37.6 Å². The Kier molecular flexibility index (Phi) is 4.25. The summed E-state index contributed by atoms with van der Waals surface area (Å²) in [6.07, 6.45) is 2.50. The summed E-state index contributed by atoms with van der Waals surface area (Å²) in [4.78, 5) is 35.7. The van der Waals surface area contributed by atoms with Gasteiger partial charge in [0.25, 0.3) is 17.5 Å². The summed E-state index contributed by atoms with van der Waals surface area (Å²) in [5.41, 5.74) is 6.07. The number of rotatable bonds is 4. The van der Waals surface area contributed by atoms with Gasteiger partial charge in [0.05, 0.1) is 10.5 Å². The Bertz CT molecular complexity index is 878. The van der Waals surface area contributed by atoms with Crippen molar-refractivity contribution in [3.63, 3.8) is 0 Å². The number of nitrogens with zero attached hydrogens (tertiary/aromatic N) is 1. The molecule has 24 heavy (non-hydrogen) atoms. The third-order valence-electron chi connectivity index (χ3n) is 3.79. The van der Waals surface area contributed by atoms with E-state index < -0.39 is 16.7 Å². The fourth-order valence-electron chi connectivity index (χ4n) is 2.77. The molecule has 1 aliphatic carbocycles. The maximum atomic E-state index is 12.5. The van der Waals surface area contributed by atoms with Gasteiger partial charge >= 0.3 is 0 Å². The van der Waals surface area contributed by atoms with Crippen molar-refractivity contribution in [2.75, 3.05) is 5.32 Å². The molecule has 1 heterocycles. The molecule has 0 radical (unpaired) electrons. The molecule has 0 spiro atoms. The number of aryl methyl sites for hydroxylation is 1. The molecule has 1 aliphatic rings. The fourth-order valence-corrected chi connectivity index (χ4v) is 4.23. The Morgan fingerprint density at radius 1 is 1.33 bits per heavy atom. The minimum atomic E-state index is -0.702. The Hall–Kier alpha value is -2.45. The van der Waals surface area contributed by atoms with Crippen molar-refractivity contribution in [2.24, 2.45) is 5.73 Å². The number of nitro groups is 1. The largest absolute Gasteiger partial charge is 0.365 e. The third kappa shape index (κ3) is 2.85. The molecule has 0 atom stereocenters. The number of nitro benzene ring substituents is 1. The molecule has 7 nitrogen and oxygen atoms in total. The summed E-state index contributed by atoms with van der Waals surface area (Å²) in [5.74, 6) is -1.32. The van der Waals surface area contributed by atoms with E-state index in [1.54, 1.807) is 0 Å². The lowest BCUT2D eigenvalue weighted by atomic mass is 10.1. The Labute approximate surface area is 145 Å². The zero-order valence-electron chi connectivity index (χ0n) is 12.3. The molecule has 124 valence electrons. The molecule has 0 bridgehead atoms. The number of nitrogens with one attached hydrogen (secondary N) is 1. The lowest BCUT2D eigenvalue weighted by Crippen LogP contribution is -2.18. The quantitative estimate of drug-likeness (QED) is 0.639. The number of amides is 2. The SMILES string of the molecule is NC(=O)c1c(NC(=O)c2cc(Cl)ccc2[N+](=O)[O-])sc2c1CCC2. The minimum Gasteiger partial charge on any atom is -0.365 e. The third-order valence-corrected chi connectivity index (χ3v) is 5.24. The molecule has 9 heteroatoms. The van der Waals surface area contributed by atoms with E-state index in [1.807, 2.05) is 0 Å². The van der Waals surface area contributed by atoms with Gasteiger partial charge in [0, 0.05) is 16.0 Å². The smallest absolute Gasteiger partial charge is 0.282 e. The van der Waals surface area contributed by atoms with E-state index in [2.05, 4.69) is 5.32 Å². The fraction of sp³-hybridized carbons (Fsp3) is 0.200. The van der Waals surface area contributed by atoms with Gasteiger partial charge in [-0.3, -0.25) is 19.7 Å². The molecule has 0 fully saturated rings. The van der Waals surface area contributed by atoms with Crippen molar-refractivity contribution in [1.82, 2.24) is 0 Å². The van der Waals surface area contributed by atoms with Gasteiger partial charge < -0.3 is 11.1 Å². The van der Waals surface area contributed by atoms with Gasteiger partial charge in [-0.25, -0.2) is 0 Å². The molecule has 1 aromatic heterocycles. The van der Waals surface area contributed by atoms with E-state index in [-0.39, 0.29) is 16.3 Å². The summed E-state index contributed by atoms with van der Waals surface area (Å²) in [6.45, 7) is 0. The second-order valence-electron chi connectivity index (χ2n) is 5.30. The first-order chi connectivity index (χ1) is 11.4. The normalized spacial score (nSPS) is 12.7. The molecular formula is C15H12ClN3O4S. The molecule has 3 rings (SSSR count). The highest BCUT2D eigenvalue weighted by Gasteiger charge is 2.28. The molecule has 0 saturated heterocycles. The highest BCUT2D eigenvalue weighted by molar-refractivity contribution is 7.17. The van der Waals surface area contributed by atoms with Crippen molar-refractivity contribution < 1.29 is 14.5 Å². The molecular weight excluding hydrogens is 354 g/mol. The number of carbonyl (C=O) groups excluding carboxylic acids is 2.